The Morgan fingerprint density at radius 3 is 2.56 bits per heavy atom. The molecule has 0 aromatic heterocycles. The van der Waals surface area contributed by atoms with Gasteiger partial charge < -0.3 is 9.47 Å². The van der Waals surface area contributed by atoms with Crippen LogP contribution in [0, 0.1) is 0 Å². The second kappa shape index (κ2) is 3.63. The molecule has 0 aliphatic carbocycles. The van der Waals surface area contributed by atoms with E-state index < -0.39 is 17.4 Å². The Morgan fingerprint density at radius 2 is 2.00 bits per heavy atom. The third-order valence-electron chi connectivity index (χ3n) is 2.86. The monoisotopic (exact) mass is 220 g/mol. The summed E-state index contributed by atoms with van der Waals surface area (Å²) in [5, 5.41) is 0. The normalized spacial score (nSPS) is 24.4. The highest BCUT2D eigenvalue weighted by Crippen LogP contribution is 2.39. The van der Waals surface area contributed by atoms with Gasteiger partial charge in [0.05, 0.1) is 13.5 Å². The van der Waals surface area contributed by atoms with Crippen molar-refractivity contribution >= 4 is 11.9 Å². The number of carbonyl (C=O) groups excluding carboxylic acids is 2. The van der Waals surface area contributed by atoms with E-state index in [2.05, 4.69) is 4.74 Å². The number of methoxy groups -OCH3 is 1. The van der Waals surface area contributed by atoms with Gasteiger partial charge in [-0.15, -0.1) is 0 Å². The number of para-hydroxylation sites is 1. The van der Waals surface area contributed by atoms with Crippen molar-refractivity contribution in [3.63, 3.8) is 0 Å². The van der Waals surface area contributed by atoms with Crippen molar-refractivity contribution in [2.75, 3.05) is 7.11 Å². The van der Waals surface area contributed by atoms with E-state index in [9.17, 15) is 9.59 Å². The summed E-state index contributed by atoms with van der Waals surface area (Å²) in [4.78, 5) is 22.8. The Kier molecular flexibility index (Phi) is 2.42. The lowest BCUT2D eigenvalue weighted by Gasteiger charge is -2.20. The highest BCUT2D eigenvalue weighted by molar-refractivity contribution is 6.01. The zero-order chi connectivity index (χ0) is 11.8. The molecule has 0 spiro atoms. The van der Waals surface area contributed by atoms with Crippen LogP contribution in [0.1, 0.15) is 18.9 Å². The van der Waals surface area contributed by atoms with Crippen LogP contribution in [0.25, 0.3) is 0 Å². The molecule has 1 aromatic carbocycles. The summed E-state index contributed by atoms with van der Waals surface area (Å²) in [6, 6.07) is 7.16. The van der Waals surface area contributed by atoms with Crippen LogP contribution in [0.2, 0.25) is 0 Å². The van der Waals surface area contributed by atoms with Crippen LogP contribution in [0.5, 0.6) is 5.75 Å². The van der Waals surface area contributed by atoms with Crippen LogP contribution in [-0.2, 0) is 19.7 Å². The molecule has 1 atom stereocenters. The van der Waals surface area contributed by atoms with Crippen molar-refractivity contribution in [3.8, 4) is 5.75 Å². The lowest BCUT2D eigenvalue weighted by molar-refractivity contribution is -0.153. The van der Waals surface area contributed by atoms with Gasteiger partial charge in [-0.1, -0.05) is 18.2 Å². The van der Waals surface area contributed by atoms with Gasteiger partial charge in [-0.2, -0.15) is 0 Å². The molecule has 84 valence electrons. The number of cyclic esters (lactones) is 2. The Morgan fingerprint density at radius 1 is 1.31 bits per heavy atom. The first kappa shape index (κ1) is 10.7. The summed E-state index contributed by atoms with van der Waals surface area (Å²) in [5.74, 6) is -0.406. The predicted molar refractivity (Wildman–Crippen MR) is 56.1 cm³/mol. The largest absolute Gasteiger partial charge is 0.496 e. The summed E-state index contributed by atoms with van der Waals surface area (Å²) in [7, 11) is 1.53. The summed E-state index contributed by atoms with van der Waals surface area (Å²) in [5.41, 5.74) is -0.239. The highest BCUT2D eigenvalue weighted by atomic mass is 16.6. The molecule has 4 heteroatoms. The van der Waals surface area contributed by atoms with Crippen LogP contribution in [0.15, 0.2) is 24.3 Å². The van der Waals surface area contributed by atoms with Crippen LogP contribution in [0.3, 0.4) is 0 Å². The second-order valence-electron chi connectivity index (χ2n) is 3.97. The molecular weight excluding hydrogens is 208 g/mol. The van der Waals surface area contributed by atoms with E-state index in [0.717, 1.165) is 0 Å². The van der Waals surface area contributed by atoms with Gasteiger partial charge in [0.15, 0.2) is 0 Å². The van der Waals surface area contributed by atoms with Crippen molar-refractivity contribution < 1.29 is 19.1 Å². The average molecular weight is 220 g/mol. The van der Waals surface area contributed by atoms with Crippen LogP contribution < -0.4 is 4.74 Å². The van der Waals surface area contributed by atoms with E-state index in [1.165, 1.54) is 7.11 Å². The molecule has 1 fully saturated rings. The average Bonchev–Trinajstić information content (AvgIpc) is 2.53. The van der Waals surface area contributed by atoms with Gasteiger partial charge in [0.25, 0.3) is 0 Å². The maximum Gasteiger partial charge on any atom is 0.324 e. The second-order valence-corrected chi connectivity index (χ2v) is 3.97. The summed E-state index contributed by atoms with van der Waals surface area (Å²) < 4.78 is 9.78. The van der Waals surface area contributed by atoms with Gasteiger partial charge >= 0.3 is 11.9 Å². The van der Waals surface area contributed by atoms with E-state index in [1.54, 1.807) is 25.1 Å². The zero-order valence-electron chi connectivity index (χ0n) is 9.15. The Bertz CT molecular complexity index is 452. The maximum atomic E-state index is 11.7. The molecule has 0 N–H and O–H groups in total. The fourth-order valence-corrected chi connectivity index (χ4v) is 1.92. The SMILES string of the molecule is COc1ccccc1C1(C)CC(=O)OC1=O. The molecule has 1 aliphatic heterocycles. The summed E-state index contributed by atoms with van der Waals surface area (Å²) >= 11 is 0. The van der Waals surface area contributed by atoms with E-state index in [-0.39, 0.29) is 6.42 Å². The van der Waals surface area contributed by atoms with Gasteiger partial charge in [0, 0.05) is 5.56 Å². The molecule has 1 heterocycles. The quantitative estimate of drug-likeness (QED) is 0.558. The zero-order valence-corrected chi connectivity index (χ0v) is 9.15. The molecular formula is C12H12O4. The first-order valence-electron chi connectivity index (χ1n) is 4.96. The molecule has 0 amide bonds. The minimum Gasteiger partial charge on any atom is -0.496 e. The molecule has 1 unspecified atom stereocenters. The standard InChI is InChI=1S/C12H12O4/c1-12(7-10(13)16-11(12)14)8-5-3-4-6-9(8)15-2/h3-6H,7H2,1-2H3. The van der Waals surface area contributed by atoms with Crippen LogP contribution in [0.4, 0.5) is 0 Å². The van der Waals surface area contributed by atoms with Gasteiger partial charge in [-0.25, -0.2) is 0 Å². The van der Waals surface area contributed by atoms with Crippen LogP contribution >= 0.6 is 0 Å². The Labute approximate surface area is 93.2 Å². The molecule has 4 nitrogen and oxygen atoms in total. The molecule has 0 bridgehead atoms. The molecule has 1 aromatic rings. The van der Waals surface area contributed by atoms with E-state index >= 15 is 0 Å². The van der Waals surface area contributed by atoms with E-state index in [0.29, 0.717) is 11.3 Å². The fraction of sp³-hybridized carbons (Fsp3) is 0.333. The first-order chi connectivity index (χ1) is 7.58. The van der Waals surface area contributed by atoms with E-state index in [4.69, 9.17) is 4.74 Å². The smallest absolute Gasteiger partial charge is 0.324 e. The van der Waals surface area contributed by atoms with Gasteiger partial charge in [-0.3, -0.25) is 9.59 Å². The van der Waals surface area contributed by atoms with Gasteiger partial charge in [-0.05, 0) is 13.0 Å². The van der Waals surface area contributed by atoms with Crippen molar-refractivity contribution in [1.82, 2.24) is 0 Å². The van der Waals surface area contributed by atoms with Crippen LogP contribution in [-0.4, -0.2) is 19.0 Å². The number of ether oxygens (including phenoxy) is 2. The maximum absolute atomic E-state index is 11.7. The molecule has 0 radical (unpaired) electrons. The van der Waals surface area contributed by atoms with Crippen molar-refractivity contribution in [1.29, 1.82) is 0 Å². The number of benzene rings is 1. The number of carbonyl (C=O) groups is 2. The third-order valence-corrected chi connectivity index (χ3v) is 2.86. The van der Waals surface area contributed by atoms with E-state index in [1.807, 2.05) is 6.07 Å². The molecule has 0 saturated carbocycles. The third kappa shape index (κ3) is 1.46. The molecule has 16 heavy (non-hydrogen) atoms. The number of esters is 2. The Hall–Kier alpha value is -1.84. The summed E-state index contributed by atoms with van der Waals surface area (Å²) in [6.45, 7) is 1.69. The number of hydrogen-bond donors (Lipinski definition) is 0. The van der Waals surface area contributed by atoms with Crippen molar-refractivity contribution in [3.05, 3.63) is 29.8 Å². The molecule has 1 aliphatic rings. The topological polar surface area (TPSA) is 52.6 Å². The minimum atomic E-state index is -0.927. The molecule has 1 saturated heterocycles. The Balaban J connectivity index is 2.51. The highest BCUT2D eigenvalue weighted by Gasteiger charge is 2.48. The summed E-state index contributed by atoms with van der Waals surface area (Å²) in [6.07, 6.45) is 0.0617. The lowest BCUT2D eigenvalue weighted by atomic mass is 9.80. The van der Waals surface area contributed by atoms with Gasteiger partial charge in [0.2, 0.25) is 0 Å². The fourth-order valence-electron chi connectivity index (χ4n) is 1.92. The molecule has 2 rings (SSSR count). The van der Waals surface area contributed by atoms with Crippen molar-refractivity contribution in [2.45, 2.75) is 18.8 Å². The lowest BCUT2D eigenvalue weighted by Crippen LogP contribution is -2.28. The number of hydrogen-bond acceptors (Lipinski definition) is 4. The minimum absolute atomic E-state index is 0.0617. The van der Waals surface area contributed by atoms with Gasteiger partial charge in [0.1, 0.15) is 11.2 Å². The first-order valence-corrected chi connectivity index (χ1v) is 4.96. The predicted octanol–water partition coefficient (Wildman–Crippen LogP) is 1.43. The number of rotatable bonds is 2. The van der Waals surface area contributed by atoms with Crippen molar-refractivity contribution in [2.24, 2.45) is 0 Å².